The molecule has 0 bridgehead atoms. The van der Waals surface area contributed by atoms with E-state index in [9.17, 15) is 8.42 Å². The second-order valence-electron chi connectivity index (χ2n) is 2.33. The van der Waals surface area contributed by atoms with E-state index < -0.39 is 10.3 Å². The summed E-state index contributed by atoms with van der Waals surface area (Å²) in [6, 6.07) is 9.36. The van der Waals surface area contributed by atoms with E-state index in [1.165, 1.54) is 0 Å². The van der Waals surface area contributed by atoms with Gasteiger partial charge in [0.2, 0.25) is 0 Å². The van der Waals surface area contributed by atoms with Crippen LogP contribution in [0.3, 0.4) is 0 Å². The van der Waals surface area contributed by atoms with Crippen molar-refractivity contribution in [3.05, 3.63) is 35.9 Å². The fourth-order valence-corrected chi connectivity index (χ4v) is 1.95. The van der Waals surface area contributed by atoms with Crippen LogP contribution in [0.25, 0.3) is 0 Å². The molecular formula is C7H9NO3S2. The molecule has 0 spiro atoms. The Morgan fingerprint density at radius 1 is 1.31 bits per heavy atom. The molecule has 0 saturated heterocycles. The zero-order valence-corrected chi connectivity index (χ0v) is 8.31. The van der Waals surface area contributed by atoms with Crippen LogP contribution in [0.1, 0.15) is 5.56 Å². The van der Waals surface area contributed by atoms with Crippen LogP contribution in [0.15, 0.2) is 30.3 Å². The fraction of sp³-hybridized carbons (Fsp3) is 0.143. The Balaban J connectivity index is 2.37. The molecule has 0 aromatic heterocycles. The van der Waals surface area contributed by atoms with E-state index in [-0.39, 0.29) is 0 Å². The van der Waals surface area contributed by atoms with Crippen LogP contribution >= 0.6 is 11.9 Å². The third kappa shape index (κ3) is 4.89. The summed E-state index contributed by atoms with van der Waals surface area (Å²) in [4.78, 5) is 0. The van der Waals surface area contributed by atoms with Gasteiger partial charge in [-0.2, -0.15) is 8.42 Å². The zero-order chi connectivity index (χ0) is 9.73. The van der Waals surface area contributed by atoms with Crippen molar-refractivity contribution < 1.29 is 13.0 Å². The lowest BCUT2D eigenvalue weighted by atomic mass is 10.2. The van der Waals surface area contributed by atoms with Gasteiger partial charge >= 0.3 is 10.3 Å². The molecule has 0 radical (unpaired) electrons. The molecule has 0 fully saturated rings. The molecule has 0 aliphatic rings. The van der Waals surface area contributed by atoms with Gasteiger partial charge < -0.3 is 0 Å². The van der Waals surface area contributed by atoms with Crippen LogP contribution in [0.4, 0.5) is 0 Å². The number of hydrogen-bond acceptors (Lipinski definition) is 3. The van der Waals surface area contributed by atoms with Gasteiger partial charge in [0.25, 0.3) is 0 Å². The summed E-state index contributed by atoms with van der Waals surface area (Å²) < 4.78 is 30.7. The molecule has 6 heteroatoms. The minimum atomic E-state index is -4.08. The first kappa shape index (κ1) is 10.5. The molecule has 0 aliphatic heterocycles. The number of rotatable bonds is 4. The Bertz CT molecular complexity index is 349. The van der Waals surface area contributed by atoms with Crippen LogP contribution in [0.5, 0.6) is 0 Å². The van der Waals surface area contributed by atoms with Crippen molar-refractivity contribution in [3.8, 4) is 0 Å². The molecule has 1 rings (SSSR count). The first-order valence-corrected chi connectivity index (χ1v) is 5.90. The average molecular weight is 219 g/mol. The highest BCUT2D eigenvalue weighted by Gasteiger charge is 2.01. The predicted molar refractivity (Wildman–Crippen MR) is 52.4 cm³/mol. The van der Waals surface area contributed by atoms with Crippen LogP contribution in [-0.2, 0) is 16.1 Å². The lowest BCUT2D eigenvalue weighted by Crippen LogP contribution is -2.14. The molecule has 0 atom stereocenters. The minimum absolute atomic E-state index is 0.487. The summed E-state index contributed by atoms with van der Waals surface area (Å²) in [5.41, 5.74) is 0.989. The standard InChI is InChI=1S/C7H9NO3S2/c9-13(10,11)8-12-6-7-4-2-1-3-5-7/h1-5,8H,6H2,(H,9,10,11). The largest absolute Gasteiger partial charge is 0.342 e. The second-order valence-corrected chi connectivity index (χ2v) is 4.53. The van der Waals surface area contributed by atoms with Gasteiger partial charge in [0.05, 0.1) is 0 Å². The van der Waals surface area contributed by atoms with Crippen LogP contribution in [0.2, 0.25) is 0 Å². The summed E-state index contributed by atoms with van der Waals surface area (Å²) in [7, 11) is -4.08. The smallest absolute Gasteiger partial charge is 0.273 e. The maximum absolute atomic E-state index is 10.2. The molecule has 4 nitrogen and oxygen atoms in total. The third-order valence-corrected chi connectivity index (χ3v) is 3.04. The van der Waals surface area contributed by atoms with Gasteiger partial charge in [-0.1, -0.05) is 42.3 Å². The summed E-state index contributed by atoms with van der Waals surface area (Å²) in [6.45, 7) is 0. The van der Waals surface area contributed by atoms with Crippen molar-refractivity contribution in [2.24, 2.45) is 0 Å². The Morgan fingerprint density at radius 2 is 1.92 bits per heavy atom. The van der Waals surface area contributed by atoms with Crippen molar-refractivity contribution >= 4 is 22.3 Å². The highest BCUT2D eigenvalue weighted by Crippen LogP contribution is 2.08. The van der Waals surface area contributed by atoms with Crippen LogP contribution in [-0.4, -0.2) is 13.0 Å². The average Bonchev–Trinajstić information content (AvgIpc) is 2.04. The monoisotopic (exact) mass is 219 g/mol. The number of benzene rings is 1. The highest BCUT2D eigenvalue weighted by molar-refractivity contribution is 8.06. The van der Waals surface area contributed by atoms with E-state index >= 15 is 0 Å². The summed E-state index contributed by atoms with van der Waals surface area (Å²) in [5.74, 6) is 0.487. The first-order valence-electron chi connectivity index (χ1n) is 3.48. The van der Waals surface area contributed by atoms with Crippen molar-refractivity contribution in [2.45, 2.75) is 5.75 Å². The molecular weight excluding hydrogens is 210 g/mol. The maximum Gasteiger partial charge on any atom is 0.342 e. The van der Waals surface area contributed by atoms with E-state index in [0.29, 0.717) is 5.75 Å². The Morgan fingerprint density at radius 3 is 2.46 bits per heavy atom. The van der Waals surface area contributed by atoms with Crippen molar-refractivity contribution in [1.29, 1.82) is 0 Å². The zero-order valence-electron chi connectivity index (χ0n) is 6.67. The van der Waals surface area contributed by atoms with Gasteiger partial charge in [-0.25, -0.2) is 0 Å². The molecule has 0 unspecified atom stereocenters. The molecule has 1 aromatic carbocycles. The van der Waals surface area contributed by atoms with Gasteiger partial charge in [-0.15, -0.1) is 4.13 Å². The molecule has 2 N–H and O–H groups in total. The molecule has 13 heavy (non-hydrogen) atoms. The Hall–Kier alpha value is -0.560. The Labute approximate surface area is 81.4 Å². The normalized spacial score (nSPS) is 11.5. The first-order chi connectivity index (χ1) is 6.08. The topological polar surface area (TPSA) is 66.4 Å². The number of hydrogen-bond donors (Lipinski definition) is 2. The van der Waals surface area contributed by atoms with Crippen molar-refractivity contribution in [2.75, 3.05) is 0 Å². The highest BCUT2D eigenvalue weighted by atomic mass is 32.3. The Kier molecular flexibility index (Phi) is 3.73. The number of nitrogens with one attached hydrogen (secondary N) is 1. The molecule has 0 amide bonds. The molecule has 0 aliphatic carbocycles. The fourth-order valence-electron chi connectivity index (χ4n) is 0.761. The van der Waals surface area contributed by atoms with Gasteiger partial charge in [-0.3, -0.25) is 4.55 Å². The minimum Gasteiger partial charge on any atom is -0.273 e. The van der Waals surface area contributed by atoms with E-state index in [0.717, 1.165) is 17.5 Å². The van der Waals surface area contributed by atoms with E-state index in [1.807, 2.05) is 34.5 Å². The summed E-state index contributed by atoms with van der Waals surface area (Å²) >= 11 is 0.925. The van der Waals surface area contributed by atoms with Gasteiger partial charge in [-0.05, 0) is 5.56 Å². The molecule has 0 saturated carbocycles. The lowest BCUT2D eigenvalue weighted by molar-refractivity contribution is 0.481. The van der Waals surface area contributed by atoms with Gasteiger partial charge in [0.15, 0.2) is 0 Å². The molecule has 0 heterocycles. The summed E-state index contributed by atoms with van der Waals surface area (Å²) in [6.07, 6.45) is 0. The molecule has 1 aromatic rings. The molecule has 72 valence electrons. The SMILES string of the molecule is O=S(=O)(O)NSCc1ccccc1. The van der Waals surface area contributed by atoms with Crippen molar-refractivity contribution in [3.63, 3.8) is 0 Å². The maximum atomic E-state index is 10.2. The van der Waals surface area contributed by atoms with Crippen LogP contribution < -0.4 is 4.13 Å². The quantitative estimate of drug-likeness (QED) is 0.590. The van der Waals surface area contributed by atoms with Crippen molar-refractivity contribution in [1.82, 2.24) is 4.13 Å². The van der Waals surface area contributed by atoms with Crippen LogP contribution in [0, 0.1) is 0 Å². The van der Waals surface area contributed by atoms with E-state index in [4.69, 9.17) is 4.55 Å². The van der Waals surface area contributed by atoms with Gasteiger partial charge in [0.1, 0.15) is 0 Å². The van der Waals surface area contributed by atoms with E-state index in [1.54, 1.807) is 0 Å². The second kappa shape index (κ2) is 4.61. The lowest BCUT2D eigenvalue weighted by Gasteiger charge is -1.99. The predicted octanol–water partition coefficient (Wildman–Crippen LogP) is 1.23. The third-order valence-electron chi connectivity index (χ3n) is 1.25. The van der Waals surface area contributed by atoms with E-state index in [2.05, 4.69) is 0 Å². The van der Waals surface area contributed by atoms with Gasteiger partial charge in [0, 0.05) is 5.75 Å². The summed E-state index contributed by atoms with van der Waals surface area (Å²) in [5, 5.41) is 0.